The average Bonchev–Trinajstić information content (AvgIpc) is 2.41. The number of carbonyl (C=O) groups excluding carboxylic acids is 1. The molecule has 0 bridgehead atoms. The van der Waals surface area contributed by atoms with Gasteiger partial charge in [0.1, 0.15) is 5.75 Å². The maximum Gasteiger partial charge on any atom is 0.271 e. The number of hydrogen-bond donors (Lipinski definition) is 3. The van der Waals surface area contributed by atoms with Crippen LogP contribution in [0.2, 0.25) is 0 Å². The second kappa shape index (κ2) is 5.68. The molecule has 4 N–H and O–H groups in total. The molecular formula is C14H13N3O2. The third kappa shape index (κ3) is 3.57. The Hall–Kier alpha value is -2.82. The highest BCUT2D eigenvalue weighted by Gasteiger charge is 2.03. The number of anilines is 1. The summed E-state index contributed by atoms with van der Waals surface area (Å²) in [6.07, 6.45) is 1.49. The van der Waals surface area contributed by atoms with E-state index in [9.17, 15) is 4.79 Å². The zero-order valence-corrected chi connectivity index (χ0v) is 10.1. The number of nitrogens with zero attached hydrogens (tertiary/aromatic N) is 1. The molecule has 0 saturated heterocycles. The first-order valence-corrected chi connectivity index (χ1v) is 5.63. The Kier molecular flexibility index (Phi) is 3.78. The van der Waals surface area contributed by atoms with Gasteiger partial charge in [-0.2, -0.15) is 5.10 Å². The van der Waals surface area contributed by atoms with Crippen LogP contribution in [0.4, 0.5) is 5.69 Å². The molecule has 0 unspecified atom stereocenters. The van der Waals surface area contributed by atoms with Crippen LogP contribution in [0.1, 0.15) is 15.9 Å². The Balaban J connectivity index is 1.98. The molecule has 2 aromatic rings. The van der Waals surface area contributed by atoms with Crippen molar-refractivity contribution in [2.24, 2.45) is 5.10 Å². The van der Waals surface area contributed by atoms with Crippen LogP contribution in [-0.2, 0) is 0 Å². The fourth-order valence-electron chi connectivity index (χ4n) is 1.47. The van der Waals surface area contributed by atoms with Crippen molar-refractivity contribution in [1.29, 1.82) is 0 Å². The summed E-state index contributed by atoms with van der Waals surface area (Å²) in [5.41, 5.74) is 9.73. The molecule has 0 saturated carbocycles. The van der Waals surface area contributed by atoms with Crippen LogP contribution in [0.5, 0.6) is 5.75 Å². The molecule has 0 aliphatic carbocycles. The molecule has 0 atom stereocenters. The third-order valence-electron chi connectivity index (χ3n) is 2.42. The topological polar surface area (TPSA) is 87.7 Å². The number of hydrogen-bond acceptors (Lipinski definition) is 4. The summed E-state index contributed by atoms with van der Waals surface area (Å²) in [5, 5.41) is 12.9. The lowest BCUT2D eigenvalue weighted by atomic mass is 10.2. The Morgan fingerprint density at radius 3 is 2.63 bits per heavy atom. The van der Waals surface area contributed by atoms with Crippen molar-refractivity contribution in [2.45, 2.75) is 0 Å². The van der Waals surface area contributed by atoms with Gasteiger partial charge in [0, 0.05) is 11.3 Å². The van der Waals surface area contributed by atoms with Crippen LogP contribution in [0, 0.1) is 0 Å². The Bertz CT molecular complexity index is 606. The minimum atomic E-state index is -0.331. The molecule has 96 valence electrons. The van der Waals surface area contributed by atoms with E-state index >= 15 is 0 Å². The van der Waals surface area contributed by atoms with E-state index in [1.807, 2.05) is 0 Å². The average molecular weight is 255 g/mol. The molecule has 2 rings (SSSR count). The summed E-state index contributed by atoms with van der Waals surface area (Å²) >= 11 is 0. The van der Waals surface area contributed by atoms with Gasteiger partial charge in [-0.25, -0.2) is 5.43 Å². The summed E-state index contributed by atoms with van der Waals surface area (Å²) in [7, 11) is 0. The van der Waals surface area contributed by atoms with E-state index in [1.54, 1.807) is 48.5 Å². The molecule has 1 amide bonds. The van der Waals surface area contributed by atoms with Crippen LogP contribution in [0.25, 0.3) is 0 Å². The Morgan fingerprint density at radius 2 is 1.95 bits per heavy atom. The van der Waals surface area contributed by atoms with E-state index < -0.39 is 0 Å². The zero-order valence-electron chi connectivity index (χ0n) is 10.1. The number of hydrazone groups is 1. The highest BCUT2D eigenvalue weighted by molar-refractivity contribution is 5.95. The number of carbonyl (C=O) groups is 1. The quantitative estimate of drug-likeness (QED) is 0.443. The molecule has 0 fully saturated rings. The predicted molar refractivity (Wildman–Crippen MR) is 74.0 cm³/mol. The smallest absolute Gasteiger partial charge is 0.271 e. The van der Waals surface area contributed by atoms with Gasteiger partial charge in [0.25, 0.3) is 5.91 Å². The highest BCUT2D eigenvalue weighted by Crippen LogP contribution is 2.08. The van der Waals surface area contributed by atoms with E-state index in [4.69, 9.17) is 10.8 Å². The van der Waals surface area contributed by atoms with Crippen molar-refractivity contribution in [3.05, 3.63) is 59.7 Å². The predicted octanol–water partition coefficient (Wildman–Crippen LogP) is 1.74. The van der Waals surface area contributed by atoms with E-state index in [0.717, 1.165) is 5.56 Å². The molecule has 2 aromatic carbocycles. The number of aromatic hydroxyl groups is 1. The van der Waals surface area contributed by atoms with Gasteiger partial charge in [-0.1, -0.05) is 6.07 Å². The maximum atomic E-state index is 11.7. The normalized spacial score (nSPS) is 10.5. The monoisotopic (exact) mass is 255 g/mol. The zero-order chi connectivity index (χ0) is 13.7. The van der Waals surface area contributed by atoms with Gasteiger partial charge in [-0.15, -0.1) is 0 Å². The van der Waals surface area contributed by atoms with E-state index in [2.05, 4.69) is 10.5 Å². The molecule has 19 heavy (non-hydrogen) atoms. The molecule has 0 radical (unpaired) electrons. The second-order valence-electron chi connectivity index (χ2n) is 3.92. The summed E-state index contributed by atoms with van der Waals surface area (Å²) in [4.78, 5) is 11.7. The van der Waals surface area contributed by atoms with Crippen LogP contribution in [0.3, 0.4) is 0 Å². The molecule has 0 aromatic heterocycles. The molecule has 0 heterocycles. The van der Waals surface area contributed by atoms with Crippen molar-refractivity contribution in [1.82, 2.24) is 5.43 Å². The van der Waals surface area contributed by atoms with E-state index in [0.29, 0.717) is 11.3 Å². The van der Waals surface area contributed by atoms with Gasteiger partial charge in [0.05, 0.1) is 6.21 Å². The number of nitrogen functional groups attached to an aromatic ring is 1. The third-order valence-corrected chi connectivity index (χ3v) is 2.42. The summed E-state index contributed by atoms with van der Waals surface area (Å²) < 4.78 is 0. The molecule has 5 nitrogen and oxygen atoms in total. The standard InChI is InChI=1S/C14H13N3O2/c15-12-3-1-2-11(8-12)14(19)17-16-9-10-4-6-13(18)7-5-10/h1-9,18H,15H2,(H,17,19)/b16-9-. The van der Waals surface area contributed by atoms with Crippen molar-refractivity contribution >= 4 is 17.8 Å². The largest absolute Gasteiger partial charge is 0.508 e. The molecule has 0 aliphatic rings. The summed E-state index contributed by atoms with van der Waals surface area (Å²) in [6, 6.07) is 13.1. The highest BCUT2D eigenvalue weighted by atomic mass is 16.3. The molecule has 0 aliphatic heterocycles. The molecular weight excluding hydrogens is 242 g/mol. The van der Waals surface area contributed by atoms with E-state index in [1.165, 1.54) is 6.21 Å². The lowest BCUT2D eigenvalue weighted by Gasteiger charge is -2.00. The SMILES string of the molecule is Nc1cccc(C(=O)N/N=C\c2ccc(O)cc2)c1. The number of rotatable bonds is 3. The number of nitrogens with one attached hydrogen (secondary N) is 1. The maximum absolute atomic E-state index is 11.7. The van der Waals surface area contributed by atoms with Crippen molar-refractivity contribution in [2.75, 3.05) is 5.73 Å². The van der Waals surface area contributed by atoms with E-state index in [-0.39, 0.29) is 11.7 Å². The molecule has 5 heteroatoms. The first kappa shape index (κ1) is 12.6. The minimum Gasteiger partial charge on any atom is -0.508 e. The number of amides is 1. The van der Waals surface area contributed by atoms with Crippen LogP contribution < -0.4 is 11.2 Å². The van der Waals surface area contributed by atoms with Gasteiger partial charge in [-0.05, 0) is 48.0 Å². The van der Waals surface area contributed by atoms with Gasteiger partial charge in [0.15, 0.2) is 0 Å². The van der Waals surface area contributed by atoms with Crippen LogP contribution >= 0.6 is 0 Å². The number of phenols is 1. The molecule has 0 spiro atoms. The van der Waals surface area contributed by atoms with Crippen molar-refractivity contribution in [3.63, 3.8) is 0 Å². The lowest BCUT2D eigenvalue weighted by Crippen LogP contribution is -2.17. The second-order valence-corrected chi connectivity index (χ2v) is 3.92. The lowest BCUT2D eigenvalue weighted by molar-refractivity contribution is 0.0955. The van der Waals surface area contributed by atoms with Crippen LogP contribution in [0.15, 0.2) is 53.6 Å². The van der Waals surface area contributed by atoms with Crippen LogP contribution in [-0.4, -0.2) is 17.2 Å². The number of nitrogens with two attached hydrogens (primary N) is 1. The minimum absolute atomic E-state index is 0.181. The van der Waals surface area contributed by atoms with Gasteiger partial charge in [0.2, 0.25) is 0 Å². The number of phenolic OH excluding ortho intramolecular Hbond substituents is 1. The fraction of sp³-hybridized carbons (Fsp3) is 0. The van der Waals surface area contributed by atoms with Gasteiger partial charge >= 0.3 is 0 Å². The Labute approximate surface area is 110 Å². The summed E-state index contributed by atoms with van der Waals surface area (Å²) in [5.74, 6) is -0.150. The number of benzene rings is 2. The summed E-state index contributed by atoms with van der Waals surface area (Å²) in [6.45, 7) is 0. The van der Waals surface area contributed by atoms with Gasteiger partial charge in [-0.3, -0.25) is 4.79 Å². The fourth-order valence-corrected chi connectivity index (χ4v) is 1.47. The van der Waals surface area contributed by atoms with Gasteiger partial charge < -0.3 is 10.8 Å². The first-order chi connectivity index (χ1) is 9.15. The Morgan fingerprint density at radius 1 is 1.21 bits per heavy atom. The van der Waals surface area contributed by atoms with Crippen molar-refractivity contribution in [3.8, 4) is 5.75 Å². The first-order valence-electron chi connectivity index (χ1n) is 5.63. The van der Waals surface area contributed by atoms with Crippen molar-refractivity contribution < 1.29 is 9.90 Å².